The molecule has 0 spiro atoms. The molecule has 0 bridgehead atoms. The van der Waals surface area contributed by atoms with Crippen molar-refractivity contribution < 1.29 is 18.0 Å². The molecule has 0 saturated carbocycles. The van der Waals surface area contributed by atoms with Gasteiger partial charge in [-0.15, -0.1) is 0 Å². The quantitative estimate of drug-likeness (QED) is 0.264. The van der Waals surface area contributed by atoms with E-state index in [1.54, 1.807) is 42.5 Å². The van der Waals surface area contributed by atoms with E-state index < -0.39 is 34.1 Å². The monoisotopic (exact) mass is 715 g/mol. The standard InChI is InChI=1S/C29H32Cl2IN3O4S/c1-29(2,3)33-28(37)26(17-20-8-6-5-7-9-20)34(18-21-10-15-24(30)25(31)16-21)27(36)19-35(40(4,38)39)23-13-11-22(32)12-14-23/h5-16,26H,17-19H2,1-4H3,(H,33,37)/t26-/m1/s1. The number of nitrogens with zero attached hydrogens (tertiary/aromatic N) is 2. The summed E-state index contributed by atoms with van der Waals surface area (Å²) in [4.78, 5) is 29.2. The van der Waals surface area contributed by atoms with Crippen LogP contribution < -0.4 is 9.62 Å². The third-order valence-electron chi connectivity index (χ3n) is 5.90. The number of amides is 2. The number of nitrogens with one attached hydrogen (secondary N) is 1. The molecular formula is C29H32Cl2IN3O4S. The van der Waals surface area contributed by atoms with Crippen molar-refractivity contribution in [2.75, 3.05) is 17.1 Å². The molecule has 3 aromatic rings. The number of carbonyl (C=O) groups is 2. The van der Waals surface area contributed by atoms with E-state index >= 15 is 0 Å². The van der Waals surface area contributed by atoms with Gasteiger partial charge >= 0.3 is 0 Å². The maximum Gasteiger partial charge on any atom is 0.244 e. The van der Waals surface area contributed by atoms with E-state index in [2.05, 4.69) is 27.9 Å². The van der Waals surface area contributed by atoms with Gasteiger partial charge in [0.2, 0.25) is 21.8 Å². The van der Waals surface area contributed by atoms with Crippen molar-refractivity contribution in [3.63, 3.8) is 0 Å². The first-order valence-corrected chi connectivity index (χ1v) is 16.1. The molecule has 3 rings (SSSR count). The molecule has 2 amide bonds. The van der Waals surface area contributed by atoms with Gasteiger partial charge in [0.05, 0.1) is 22.0 Å². The summed E-state index contributed by atoms with van der Waals surface area (Å²) in [5, 5.41) is 3.66. The van der Waals surface area contributed by atoms with Gasteiger partial charge in [-0.2, -0.15) is 0 Å². The van der Waals surface area contributed by atoms with Crippen molar-refractivity contribution in [3.8, 4) is 0 Å². The average Bonchev–Trinajstić information content (AvgIpc) is 2.86. The molecule has 0 radical (unpaired) electrons. The van der Waals surface area contributed by atoms with E-state index in [0.29, 0.717) is 21.3 Å². The zero-order chi connectivity index (χ0) is 29.7. The van der Waals surface area contributed by atoms with Crippen molar-refractivity contribution in [1.82, 2.24) is 10.2 Å². The Hall–Kier alpha value is -2.34. The summed E-state index contributed by atoms with van der Waals surface area (Å²) in [7, 11) is -3.83. The lowest BCUT2D eigenvalue weighted by Gasteiger charge is -2.35. The number of rotatable bonds is 10. The van der Waals surface area contributed by atoms with Crippen LogP contribution in [0.1, 0.15) is 31.9 Å². The number of hydrogen-bond donors (Lipinski definition) is 1. The summed E-state index contributed by atoms with van der Waals surface area (Å²) in [6, 6.07) is 20.2. The van der Waals surface area contributed by atoms with Crippen LogP contribution in [0, 0.1) is 3.57 Å². The van der Waals surface area contributed by atoms with Crippen LogP contribution in [0.15, 0.2) is 72.8 Å². The average molecular weight is 716 g/mol. The minimum Gasteiger partial charge on any atom is -0.350 e. The predicted molar refractivity (Wildman–Crippen MR) is 170 cm³/mol. The molecule has 0 saturated heterocycles. The first kappa shape index (κ1) is 32.2. The molecule has 1 N–H and O–H groups in total. The molecule has 40 heavy (non-hydrogen) atoms. The van der Waals surface area contributed by atoms with Gasteiger partial charge in [-0.25, -0.2) is 8.42 Å². The van der Waals surface area contributed by atoms with Crippen LogP contribution in [0.4, 0.5) is 5.69 Å². The van der Waals surface area contributed by atoms with Crippen LogP contribution in [0.5, 0.6) is 0 Å². The zero-order valence-corrected chi connectivity index (χ0v) is 27.2. The van der Waals surface area contributed by atoms with Crippen molar-refractivity contribution in [3.05, 3.63) is 97.5 Å². The van der Waals surface area contributed by atoms with Crippen LogP contribution in [0.3, 0.4) is 0 Å². The molecule has 0 aliphatic heterocycles. The normalized spacial score (nSPS) is 12.5. The fourth-order valence-corrected chi connectivity index (χ4v) is 5.59. The molecule has 1 atom stereocenters. The van der Waals surface area contributed by atoms with Crippen LogP contribution >= 0.6 is 45.8 Å². The Kier molecular flexibility index (Phi) is 10.9. The third kappa shape index (κ3) is 9.36. The molecular weight excluding hydrogens is 684 g/mol. The van der Waals surface area contributed by atoms with E-state index in [4.69, 9.17) is 23.2 Å². The number of sulfonamides is 1. The summed E-state index contributed by atoms with van der Waals surface area (Å²) in [6.45, 7) is 5.09. The Labute approximate surface area is 260 Å². The number of halogens is 3. The summed E-state index contributed by atoms with van der Waals surface area (Å²) < 4.78 is 27.6. The summed E-state index contributed by atoms with van der Waals surface area (Å²) >= 11 is 14.5. The van der Waals surface area contributed by atoms with Crippen molar-refractivity contribution in [2.45, 2.75) is 45.3 Å². The van der Waals surface area contributed by atoms with E-state index in [1.807, 2.05) is 51.1 Å². The van der Waals surface area contributed by atoms with Crippen molar-refractivity contribution in [2.24, 2.45) is 0 Å². The molecule has 0 aliphatic rings. The van der Waals surface area contributed by atoms with Crippen LogP contribution in [-0.2, 0) is 32.6 Å². The second-order valence-electron chi connectivity index (χ2n) is 10.5. The fraction of sp³-hybridized carbons (Fsp3) is 0.310. The SMILES string of the molecule is CC(C)(C)NC(=O)[C@@H](Cc1ccccc1)N(Cc1ccc(Cl)c(Cl)c1)C(=O)CN(c1ccc(I)cc1)S(C)(=O)=O. The molecule has 0 unspecified atom stereocenters. The van der Waals surface area contributed by atoms with Crippen LogP contribution in [0.2, 0.25) is 10.0 Å². The maximum absolute atomic E-state index is 14.1. The minimum atomic E-state index is -3.83. The number of carbonyl (C=O) groups excluding carboxylic acids is 2. The highest BCUT2D eigenvalue weighted by atomic mass is 127. The summed E-state index contributed by atoms with van der Waals surface area (Å²) in [6.07, 6.45) is 1.27. The third-order valence-corrected chi connectivity index (χ3v) is 8.50. The molecule has 0 fully saturated rings. The Morgan fingerprint density at radius 2 is 1.55 bits per heavy atom. The van der Waals surface area contributed by atoms with Gasteiger partial charge in [0.1, 0.15) is 12.6 Å². The lowest BCUT2D eigenvalue weighted by atomic mass is 10.0. The fourth-order valence-electron chi connectivity index (χ4n) is 4.06. The number of hydrogen-bond acceptors (Lipinski definition) is 4. The first-order chi connectivity index (χ1) is 18.6. The minimum absolute atomic E-state index is 0.00900. The van der Waals surface area contributed by atoms with Crippen molar-refractivity contribution in [1.29, 1.82) is 0 Å². The Balaban J connectivity index is 2.08. The van der Waals surface area contributed by atoms with Gasteiger partial charge in [0.15, 0.2) is 0 Å². The van der Waals surface area contributed by atoms with E-state index in [1.165, 1.54) is 4.90 Å². The zero-order valence-electron chi connectivity index (χ0n) is 22.7. The smallest absolute Gasteiger partial charge is 0.244 e. The largest absolute Gasteiger partial charge is 0.350 e. The second kappa shape index (κ2) is 13.5. The predicted octanol–water partition coefficient (Wildman–Crippen LogP) is 5.92. The molecule has 0 heterocycles. The number of benzene rings is 3. The van der Waals surface area contributed by atoms with Gasteiger partial charge in [-0.05, 0) is 90.9 Å². The van der Waals surface area contributed by atoms with Crippen LogP contribution in [0.25, 0.3) is 0 Å². The van der Waals surface area contributed by atoms with Crippen LogP contribution in [-0.4, -0.2) is 49.5 Å². The second-order valence-corrected chi connectivity index (χ2v) is 14.4. The van der Waals surface area contributed by atoms with E-state index in [-0.39, 0.29) is 18.9 Å². The number of anilines is 1. The molecule has 7 nitrogen and oxygen atoms in total. The molecule has 0 aliphatic carbocycles. The van der Waals surface area contributed by atoms with E-state index in [0.717, 1.165) is 19.7 Å². The highest BCUT2D eigenvalue weighted by Gasteiger charge is 2.34. The Bertz CT molecular complexity index is 1450. The lowest BCUT2D eigenvalue weighted by molar-refractivity contribution is -0.140. The first-order valence-electron chi connectivity index (χ1n) is 12.5. The highest BCUT2D eigenvalue weighted by molar-refractivity contribution is 14.1. The maximum atomic E-state index is 14.1. The summed E-state index contributed by atoms with van der Waals surface area (Å²) in [5.41, 5.74) is 1.28. The Morgan fingerprint density at radius 1 is 0.925 bits per heavy atom. The molecule has 0 aromatic heterocycles. The molecule has 11 heteroatoms. The molecule has 3 aromatic carbocycles. The van der Waals surface area contributed by atoms with Gasteiger partial charge in [0.25, 0.3) is 0 Å². The van der Waals surface area contributed by atoms with Gasteiger partial charge in [-0.1, -0.05) is 59.6 Å². The lowest BCUT2D eigenvalue weighted by Crippen LogP contribution is -2.56. The van der Waals surface area contributed by atoms with Gasteiger partial charge in [0, 0.05) is 22.1 Å². The Morgan fingerprint density at radius 3 is 2.10 bits per heavy atom. The van der Waals surface area contributed by atoms with E-state index in [9.17, 15) is 18.0 Å². The van der Waals surface area contributed by atoms with Gasteiger partial charge in [-0.3, -0.25) is 13.9 Å². The van der Waals surface area contributed by atoms with Crippen molar-refractivity contribution >= 4 is 73.3 Å². The molecule has 214 valence electrons. The van der Waals surface area contributed by atoms with Gasteiger partial charge < -0.3 is 10.2 Å². The topological polar surface area (TPSA) is 86.8 Å². The summed E-state index contributed by atoms with van der Waals surface area (Å²) in [5.74, 6) is -0.898. The highest BCUT2D eigenvalue weighted by Crippen LogP contribution is 2.25.